The molecule has 0 saturated carbocycles. The van der Waals surface area contributed by atoms with Gasteiger partial charge in [-0.2, -0.15) is 0 Å². The first-order chi connectivity index (χ1) is 9.74. The van der Waals surface area contributed by atoms with Gasteiger partial charge in [-0.3, -0.25) is 4.79 Å². The summed E-state index contributed by atoms with van der Waals surface area (Å²) in [5.74, 6) is -1.35. The van der Waals surface area contributed by atoms with Crippen molar-refractivity contribution >= 4 is 35.1 Å². The molecule has 114 valence electrons. The topological polar surface area (TPSA) is 57.6 Å². The van der Waals surface area contributed by atoms with Crippen LogP contribution in [-0.4, -0.2) is 34.5 Å². The van der Waals surface area contributed by atoms with Crippen molar-refractivity contribution in [2.24, 2.45) is 5.41 Å². The lowest BCUT2D eigenvalue weighted by Crippen LogP contribution is -2.56. The maximum atomic E-state index is 12.7. The van der Waals surface area contributed by atoms with Gasteiger partial charge >= 0.3 is 5.97 Å². The summed E-state index contributed by atoms with van der Waals surface area (Å²) in [4.78, 5) is 25.7. The fourth-order valence-electron chi connectivity index (χ4n) is 2.90. The second-order valence-corrected chi connectivity index (χ2v) is 6.80. The Hall–Kier alpha value is -1.26. The molecule has 1 aromatic carbocycles. The summed E-state index contributed by atoms with van der Waals surface area (Å²) >= 11 is 11.9. The molecule has 6 heteroatoms. The Bertz CT molecular complexity index is 586. The number of nitrogens with zero attached hydrogens (tertiary/aromatic N) is 1. The van der Waals surface area contributed by atoms with E-state index in [0.29, 0.717) is 11.6 Å². The molecule has 1 fully saturated rings. The third-order valence-corrected chi connectivity index (χ3v) is 4.48. The zero-order valence-electron chi connectivity index (χ0n) is 11.9. The van der Waals surface area contributed by atoms with Gasteiger partial charge in [0.15, 0.2) is 0 Å². The maximum absolute atomic E-state index is 12.7. The van der Waals surface area contributed by atoms with Gasteiger partial charge in [-0.15, -0.1) is 0 Å². The van der Waals surface area contributed by atoms with E-state index in [1.807, 2.05) is 13.8 Å². The van der Waals surface area contributed by atoms with E-state index in [0.717, 1.165) is 12.8 Å². The fraction of sp³-hybridized carbons (Fsp3) is 0.467. The SMILES string of the molecule is CC1(C)CCCN(C(=O)c2ccc(Cl)cc2Cl)C1C(=O)O. The molecule has 0 aromatic heterocycles. The van der Waals surface area contributed by atoms with E-state index >= 15 is 0 Å². The van der Waals surface area contributed by atoms with Crippen LogP contribution in [0.2, 0.25) is 10.0 Å². The normalized spacial score (nSPS) is 21.1. The van der Waals surface area contributed by atoms with Crippen LogP contribution in [0, 0.1) is 5.41 Å². The van der Waals surface area contributed by atoms with Gasteiger partial charge in [0.05, 0.1) is 10.6 Å². The Morgan fingerprint density at radius 3 is 2.57 bits per heavy atom. The molecule has 0 aliphatic carbocycles. The van der Waals surface area contributed by atoms with E-state index in [1.165, 1.54) is 17.0 Å². The highest BCUT2D eigenvalue weighted by atomic mass is 35.5. The van der Waals surface area contributed by atoms with Crippen LogP contribution in [0.25, 0.3) is 0 Å². The van der Waals surface area contributed by atoms with Crippen LogP contribution in [0.1, 0.15) is 37.0 Å². The number of rotatable bonds is 2. The van der Waals surface area contributed by atoms with Gasteiger partial charge in [-0.1, -0.05) is 37.0 Å². The van der Waals surface area contributed by atoms with Crippen LogP contribution in [0.3, 0.4) is 0 Å². The minimum absolute atomic E-state index is 0.236. The van der Waals surface area contributed by atoms with Gasteiger partial charge < -0.3 is 10.0 Å². The molecule has 0 spiro atoms. The molecular weight excluding hydrogens is 313 g/mol. The highest BCUT2D eigenvalue weighted by Gasteiger charge is 2.44. The van der Waals surface area contributed by atoms with E-state index < -0.39 is 17.4 Å². The summed E-state index contributed by atoms with van der Waals surface area (Å²) in [6, 6.07) is 3.74. The van der Waals surface area contributed by atoms with Gasteiger partial charge in [0.25, 0.3) is 5.91 Å². The van der Waals surface area contributed by atoms with Crippen molar-refractivity contribution in [2.45, 2.75) is 32.7 Å². The van der Waals surface area contributed by atoms with E-state index in [-0.39, 0.29) is 16.5 Å². The quantitative estimate of drug-likeness (QED) is 0.899. The minimum Gasteiger partial charge on any atom is -0.480 e. The zero-order valence-corrected chi connectivity index (χ0v) is 13.4. The summed E-state index contributed by atoms with van der Waals surface area (Å²) < 4.78 is 0. The van der Waals surface area contributed by atoms with Crippen LogP contribution in [0.5, 0.6) is 0 Å². The van der Waals surface area contributed by atoms with Crippen molar-refractivity contribution in [1.29, 1.82) is 0 Å². The van der Waals surface area contributed by atoms with Crippen LogP contribution >= 0.6 is 23.2 Å². The molecule has 0 radical (unpaired) electrons. The lowest BCUT2D eigenvalue weighted by molar-refractivity contribution is -0.148. The van der Waals surface area contributed by atoms with Crippen molar-refractivity contribution in [2.75, 3.05) is 6.54 Å². The molecule has 1 aliphatic heterocycles. The molecule has 1 unspecified atom stereocenters. The first kappa shape index (κ1) is 16.1. The predicted molar refractivity (Wildman–Crippen MR) is 81.9 cm³/mol. The second-order valence-electron chi connectivity index (χ2n) is 5.96. The third kappa shape index (κ3) is 3.16. The van der Waals surface area contributed by atoms with Crippen LogP contribution in [-0.2, 0) is 4.79 Å². The average molecular weight is 330 g/mol. The number of carbonyl (C=O) groups excluding carboxylic acids is 1. The van der Waals surface area contributed by atoms with Crippen LogP contribution in [0.4, 0.5) is 0 Å². The molecular formula is C15H17Cl2NO3. The average Bonchev–Trinajstić information content (AvgIpc) is 2.36. The second kappa shape index (κ2) is 5.85. The molecule has 2 rings (SSSR count). The highest BCUT2D eigenvalue weighted by Crippen LogP contribution is 2.36. The fourth-order valence-corrected chi connectivity index (χ4v) is 3.39. The Balaban J connectivity index is 2.38. The van der Waals surface area contributed by atoms with Gasteiger partial charge in [-0.25, -0.2) is 4.79 Å². The monoisotopic (exact) mass is 329 g/mol. The zero-order chi connectivity index (χ0) is 15.8. The molecule has 1 amide bonds. The molecule has 1 saturated heterocycles. The lowest BCUT2D eigenvalue weighted by atomic mass is 9.76. The summed E-state index contributed by atoms with van der Waals surface area (Å²) in [6.07, 6.45) is 1.54. The number of hydrogen-bond donors (Lipinski definition) is 1. The third-order valence-electron chi connectivity index (χ3n) is 3.93. The number of likely N-dealkylation sites (tertiary alicyclic amines) is 1. The maximum Gasteiger partial charge on any atom is 0.326 e. The van der Waals surface area contributed by atoms with Crippen molar-refractivity contribution in [3.05, 3.63) is 33.8 Å². The van der Waals surface area contributed by atoms with Crippen molar-refractivity contribution < 1.29 is 14.7 Å². The molecule has 21 heavy (non-hydrogen) atoms. The molecule has 1 N–H and O–H groups in total. The summed E-state index contributed by atoms with van der Waals surface area (Å²) in [6.45, 7) is 4.15. The first-order valence-corrected chi connectivity index (χ1v) is 7.48. The number of carbonyl (C=O) groups is 2. The minimum atomic E-state index is -0.988. The number of amides is 1. The van der Waals surface area contributed by atoms with E-state index in [9.17, 15) is 14.7 Å². The molecule has 0 bridgehead atoms. The van der Waals surface area contributed by atoms with Gasteiger partial charge in [0.1, 0.15) is 6.04 Å². The number of hydrogen-bond acceptors (Lipinski definition) is 2. The van der Waals surface area contributed by atoms with E-state index in [4.69, 9.17) is 23.2 Å². The molecule has 1 aromatic rings. The largest absolute Gasteiger partial charge is 0.480 e. The number of halogens is 2. The van der Waals surface area contributed by atoms with Crippen molar-refractivity contribution in [3.8, 4) is 0 Å². The van der Waals surface area contributed by atoms with Gasteiger partial charge in [-0.05, 0) is 36.5 Å². The van der Waals surface area contributed by atoms with Gasteiger partial charge in [0.2, 0.25) is 0 Å². The molecule has 1 aliphatic rings. The van der Waals surface area contributed by atoms with Crippen molar-refractivity contribution in [3.63, 3.8) is 0 Å². The molecule has 4 nitrogen and oxygen atoms in total. The van der Waals surface area contributed by atoms with Crippen LogP contribution in [0.15, 0.2) is 18.2 Å². The van der Waals surface area contributed by atoms with Crippen LogP contribution < -0.4 is 0 Å². The smallest absolute Gasteiger partial charge is 0.326 e. The van der Waals surface area contributed by atoms with E-state index in [1.54, 1.807) is 6.07 Å². The number of carboxylic acid groups (broad SMARTS) is 1. The van der Waals surface area contributed by atoms with Gasteiger partial charge in [0, 0.05) is 11.6 Å². The Labute approximate surface area is 133 Å². The summed E-state index contributed by atoms with van der Waals surface area (Å²) in [5, 5.41) is 10.2. The lowest BCUT2D eigenvalue weighted by Gasteiger charge is -2.44. The Morgan fingerprint density at radius 2 is 2.00 bits per heavy atom. The standard InChI is InChI=1S/C15H17Cl2NO3/c1-15(2)6-3-7-18(12(15)14(20)21)13(19)10-5-4-9(16)8-11(10)17/h4-5,8,12H,3,6-7H2,1-2H3,(H,20,21). The number of carboxylic acids is 1. The molecule has 1 atom stereocenters. The first-order valence-electron chi connectivity index (χ1n) is 6.73. The highest BCUT2D eigenvalue weighted by molar-refractivity contribution is 6.36. The summed E-state index contributed by atoms with van der Waals surface area (Å²) in [7, 11) is 0. The number of piperidine rings is 1. The number of aliphatic carboxylic acids is 1. The predicted octanol–water partition coefficient (Wildman–Crippen LogP) is 3.71. The van der Waals surface area contributed by atoms with E-state index in [2.05, 4.69) is 0 Å². The summed E-state index contributed by atoms with van der Waals surface area (Å²) in [5.41, 5.74) is -0.191. The Morgan fingerprint density at radius 1 is 1.33 bits per heavy atom. The molecule has 1 heterocycles. The van der Waals surface area contributed by atoms with Crippen molar-refractivity contribution in [1.82, 2.24) is 4.90 Å². The Kier molecular flexibility index (Phi) is 4.49. The number of benzene rings is 1.